The molecule has 0 aliphatic carbocycles. The van der Waals surface area contributed by atoms with Crippen LogP contribution in [0.5, 0.6) is 0 Å². The highest BCUT2D eigenvalue weighted by Gasteiger charge is 1.99. The van der Waals surface area contributed by atoms with Crippen molar-refractivity contribution in [3.63, 3.8) is 0 Å². The van der Waals surface area contributed by atoms with Gasteiger partial charge >= 0.3 is 17.9 Å². The van der Waals surface area contributed by atoms with Crippen LogP contribution in [-0.4, -0.2) is 42.4 Å². The molecule has 0 aliphatic rings. The van der Waals surface area contributed by atoms with Gasteiger partial charge in [-0.15, -0.1) is 0 Å². The molecule has 0 saturated carbocycles. The Labute approximate surface area is 100 Å². The van der Waals surface area contributed by atoms with E-state index < -0.39 is 18.5 Å². The van der Waals surface area contributed by atoms with Crippen LogP contribution in [0.1, 0.15) is 27.7 Å². The van der Waals surface area contributed by atoms with Gasteiger partial charge in [-0.25, -0.2) is 9.59 Å². The quantitative estimate of drug-likeness (QED) is 0.564. The molecular formula is C10H19NO6. The van der Waals surface area contributed by atoms with Crippen molar-refractivity contribution < 1.29 is 29.0 Å². The normalized spacial score (nSPS) is 7.29. The topological polar surface area (TPSA) is 114 Å². The zero-order valence-electron chi connectivity index (χ0n) is 10.5. The number of carbonyl (C=O) groups is 3. The van der Waals surface area contributed by atoms with Crippen molar-refractivity contribution in [1.29, 1.82) is 5.41 Å². The molecule has 0 aromatic carbocycles. The lowest BCUT2D eigenvalue weighted by Crippen LogP contribution is -2.12. The first-order valence-corrected chi connectivity index (χ1v) is 4.96. The van der Waals surface area contributed by atoms with Gasteiger partial charge in [0.25, 0.3) is 0 Å². The van der Waals surface area contributed by atoms with Crippen LogP contribution in [0.25, 0.3) is 0 Å². The molecule has 7 heteroatoms. The van der Waals surface area contributed by atoms with Crippen molar-refractivity contribution in [3.05, 3.63) is 0 Å². The Morgan fingerprint density at radius 2 is 1.71 bits per heavy atom. The van der Waals surface area contributed by atoms with Gasteiger partial charge < -0.3 is 20.0 Å². The Balaban J connectivity index is -0.000000213. The molecule has 0 bridgehead atoms. The van der Waals surface area contributed by atoms with E-state index in [9.17, 15) is 14.4 Å². The highest BCUT2D eigenvalue weighted by atomic mass is 16.5. The molecule has 0 radical (unpaired) electrons. The second-order valence-corrected chi connectivity index (χ2v) is 2.07. The Hall–Kier alpha value is -1.92. The summed E-state index contributed by atoms with van der Waals surface area (Å²) in [7, 11) is 0. The van der Waals surface area contributed by atoms with Crippen molar-refractivity contribution in [2.24, 2.45) is 0 Å². The number of esters is 2. The number of carboxylic acid groups (broad SMARTS) is 1. The molecular weight excluding hydrogens is 230 g/mol. The van der Waals surface area contributed by atoms with Crippen LogP contribution >= 0.6 is 0 Å². The highest BCUT2D eigenvalue weighted by Crippen LogP contribution is 1.72. The molecule has 0 aliphatic heterocycles. The second-order valence-electron chi connectivity index (χ2n) is 2.07. The van der Waals surface area contributed by atoms with Crippen molar-refractivity contribution >= 4 is 24.1 Å². The van der Waals surface area contributed by atoms with E-state index in [2.05, 4.69) is 9.47 Å². The summed E-state index contributed by atoms with van der Waals surface area (Å²) in [5.74, 6) is -2.39. The first kappa shape index (κ1) is 20.5. The number of nitrogens with one attached hydrogen (secondary N) is 1. The van der Waals surface area contributed by atoms with Gasteiger partial charge in [-0.05, 0) is 6.92 Å². The third kappa shape index (κ3) is 31.5. The van der Waals surface area contributed by atoms with Gasteiger partial charge in [0.1, 0.15) is 6.21 Å². The number of rotatable bonds is 4. The summed E-state index contributed by atoms with van der Waals surface area (Å²) in [5.41, 5.74) is 0. The van der Waals surface area contributed by atoms with E-state index in [0.717, 1.165) is 0 Å². The fourth-order valence-electron chi connectivity index (χ4n) is 0.378. The van der Waals surface area contributed by atoms with Crippen molar-refractivity contribution in [2.45, 2.75) is 27.7 Å². The number of ether oxygens (including phenoxy) is 2. The fourth-order valence-corrected chi connectivity index (χ4v) is 0.378. The third-order valence-corrected chi connectivity index (χ3v) is 0.803. The van der Waals surface area contributed by atoms with E-state index in [1.807, 2.05) is 13.8 Å². The lowest BCUT2D eigenvalue weighted by atomic mass is 10.7. The number of carbonyl (C=O) groups excluding carboxylic acids is 2. The molecule has 0 heterocycles. The van der Waals surface area contributed by atoms with Gasteiger partial charge in [0.15, 0.2) is 6.61 Å². The number of carboxylic acids is 1. The van der Waals surface area contributed by atoms with E-state index in [4.69, 9.17) is 10.5 Å². The average Bonchev–Trinajstić information content (AvgIpc) is 2.29. The van der Waals surface area contributed by atoms with Crippen LogP contribution < -0.4 is 0 Å². The van der Waals surface area contributed by atoms with Crippen LogP contribution in [0, 0.1) is 5.41 Å². The summed E-state index contributed by atoms with van der Waals surface area (Å²) < 4.78 is 8.37. The van der Waals surface area contributed by atoms with Gasteiger partial charge in [-0.2, -0.15) is 0 Å². The zero-order chi connectivity index (χ0) is 14.3. The van der Waals surface area contributed by atoms with Crippen molar-refractivity contribution in [1.82, 2.24) is 0 Å². The van der Waals surface area contributed by atoms with Gasteiger partial charge in [0.2, 0.25) is 0 Å². The SMILES string of the molecule is CC.CCOC(C)=O.N=CC(=O)OCC(=O)O. The van der Waals surface area contributed by atoms with Gasteiger partial charge in [0.05, 0.1) is 6.61 Å². The fraction of sp³-hybridized carbons (Fsp3) is 0.600. The molecule has 17 heavy (non-hydrogen) atoms. The van der Waals surface area contributed by atoms with E-state index in [1.165, 1.54) is 6.92 Å². The van der Waals surface area contributed by atoms with Gasteiger partial charge in [-0.3, -0.25) is 4.79 Å². The highest BCUT2D eigenvalue weighted by molar-refractivity contribution is 6.21. The lowest BCUT2D eigenvalue weighted by molar-refractivity contribution is -0.150. The first-order valence-electron chi connectivity index (χ1n) is 4.96. The van der Waals surface area contributed by atoms with Gasteiger partial charge in [0, 0.05) is 6.92 Å². The molecule has 0 rings (SSSR count). The summed E-state index contributed by atoms with van der Waals surface area (Å²) in [6.45, 7) is 6.97. The summed E-state index contributed by atoms with van der Waals surface area (Å²) >= 11 is 0. The Morgan fingerprint density at radius 1 is 1.24 bits per heavy atom. The first-order chi connectivity index (χ1) is 7.93. The Bertz CT molecular complexity index is 239. The predicted molar refractivity (Wildman–Crippen MR) is 61.0 cm³/mol. The van der Waals surface area contributed by atoms with Crippen molar-refractivity contribution in [2.75, 3.05) is 13.2 Å². The Kier molecular flexibility index (Phi) is 19.9. The smallest absolute Gasteiger partial charge is 0.349 e. The second kappa shape index (κ2) is 16.5. The molecule has 0 aromatic heterocycles. The zero-order valence-corrected chi connectivity index (χ0v) is 10.5. The number of hydrogen-bond acceptors (Lipinski definition) is 6. The number of hydrogen-bond donors (Lipinski definition) is 2. The van der Waals surface area contributed by atoms with Crippen LogP contribution in [0.4, 0.5) is 0 Å². The van der Waals surface area contributed by atoms with Crippen LogP contribution in [-0.2, 0) is 23.9 Å². The largest absolute Gasteiger partial charge is 0.479 e. The lowest BCUT2D eigenvalue weighted by Gasteiger charge is -1.92. The summed E-state index contributed by atoms with van der Waals surface area (Å²) in [6, 6.07) is 0. The molecule has 0 amide bonds. The minimum absolute atomic E-state index is 0.211. The maximum Gasteiger partial charge on any atom is 0.349 e. The molecule has 0 spiro atoms. The third-order valence-electron chi connectivity index (χ3n) is 0.803. The maximum absolute atomic E-state index is 9.99. The van der Waals surface area contributed by atoms with E-state index >= 15 is 0 Å². The minimum atomic E-state index is -1.23. The summed E-state index contributed by atoms with van der Waals surface area (Å²) in [5, 5.41) is 14.2. The average molecular weight is 249 g/mol. The van der Waals surface area contributed by atoms with Crippen LogP contribution in [0.2, 0.25) is 0 Å². The molecule has 0 atom stereocenters. The molecule has 2 N–H and O–H groups in total. The molecule has 0 fully saturated rings. The van der Waals surface area contributed by atoms with Crippen LogP contribution in [0.3, 0.4) is 0 Å². The summed E-state index contributed by atoms with van der Waals surface area (Å²) in [4.78, 5) is 29.5. The molecule has 0 aromatic rings. The predicted octanol–water partition coefficient (Wildman–Crippen LogP) is 0.859. The van der Waals surface area contributed by atoms with Crippen molar-refractivity contribution in [3.8, 4) is 0 Å². The van der Waals surface area contributed by atoms with Gasteiger partial charge in [-0.1, -0.05) is 13.8 Å². The molecule has 0 saturated heterocycles. The standard InChI is InChI=1S/C4H5NO4.C4H8O2.C2H6/c5-1-4(8)9-2-3(6)7;1-3-6-4(2)5;1-2/h1,5H,2H2,(H,6,7);3H2,1-2H3;1-2H3. The van der Waals surface area contributed by atoms with E-state index in [-0.39, 0.29) is 5.97 Å². The minimum Gasteiger partial charge on any atom is -0.479 e. The van der Waals surface area contributed by atoms with E-state index in [0.29, 0.717) is 12.8 Å². The Morgan fingerprint density at radius 3 is 1.88 bits per heavy atom. The van der Waals surface area contributed by atoms with Crippen LogP contribution in [0.15, 0.2) is 0 Å². The maximum atomic E-state index is 9.99. The molecule has 0 unspecified atom stereocenters. The molecule has 100 valence electrons. The monoisotopic (exact) mass is 249 g/mol. The summed E-state index contributed by atoms with van der Waals surface area (Å²) in [6.07, 6.45) is 0.406. The van der Waals surface area contributed by atoms with E-state index in [1.54, 1.807) is 6.92 Å². The number of aliphatic carboxylic acids is 1. The molecule has 7 nitrogen and oxygen atoms in total.